The minimum atomic E-state index is -4.62. The lowest BCUT2D eigenvalue weighted by Gasteiger charge is -2.36. The van der Waals surface area contributed by atoms with Crippen molar-refractivity contribution in [3.63, 3.8) is 0 Å². The van der Waals surface area contributed by atoms with E-state index < -0.39 is 53.3 Å². The molecule has 1 saturated heterocycles. The number of amides is 4. The maximum absolute atomic E-state index is 14.0. The number of H-pyrrole nitrogens is 1. The normalized spacial score (nSPS) is 16.7. The first-order valence-electron chi connectivity index (χ1n) is 20.0. The first-order valence-corrected chi connectivity index (χ1v) is 20.0. The van der Waals surface area contributed by atoms with Gasteiger partial charge in [0.1, 0.15) is 11.4 Å². The number of benzene rings is 2. The molecular weight excluding hydrogens is 744 g/mol. The number of fused-ring (bicyclic) bond motifs is 3. The SMILES string of the molecule is CCC(C)C.CCCC.O=C(CNC(=O)[C@@]1(NC(=O)CNC(=O)Cc2ccccc2F)CCc2[nH]c3c(C(F)(F)F)cccc3c2C1)NCCCN1CCOCC1. The topological polar surface area (TPSA) is 145 Å². The summed E-state index contributed by atoms with van der Waals surface area (Å²) in [4.78, 5) is 57.1. The van der Waals surface area contributed by atoms with Crippen molar-refractivity contribution >= 4 is 34.5 Å². The molecule has 0 bridgehead atoms. The Kier molecular flexibility index (Phi) is 18.9. The fourth-order valence-electron chi connectivity index (χ4n) is 6.18. The number of nitrogens with one attached hydrogen (secondary N) is 5. The van der Waals surface area contributed by atoms with Gasteiger partial charge in [0.05, 0.1) is 43.8 Å². The highest BCUT2D eigenvalue weighted by Crippen LogP contribution is 2.40. The molecule has 15 heteroatoms. The first-order chi connectivity index (χ1) is 27.1. The van der Waals surface area contributed by atoms with E-state index in [4.69, 9.17) is 4.74 Å². The Balaban J connectivity index is 0.000000872. The van der Waals surface area contributed by atoms with Gasteiger partial charge >= 0.3 is 6.18 Å². The molecule has 1 atom stereocenters. The van der Waals surface area contributed by atoms with Crippen LogP contribution in [-0.2, 0) is 49.4 Å². The Labute approximate surface area is 333 Å². The van der Waals surface area contributed by atoms with Crippen molar-refractivity contribution in [2.24, 2.45) is 5.92 Å². The highest BCUT2D eigenvalue weighted by molar-refractivity contribution is 5.97. The number of alkyl halides is 3. The number of morpholine rings is 1. The highest BCUT2D eigenvalue weighted by Gasteiger charge is 2.44. The summed E-state index contributed by atoms with van der Waals surface area (Å²) in [6.45, 7) is 14.2. The smallest absolute Gasteiger partial charge is 0.379 e. The number of unbranched alkanes of at least 4 members (excludes halogenated alkanes) is 1. The fourth-order valence-corrected chi connectivity index (χ4v) is 6.18. The van der Waals surface area contributed by atoms with E-state index in [1.54, 1.807) is 6.07 Å². The van der Waals surface area contributed by atoms with E-state index in [-0.39, 0.29) is 48.7 Å². The van der Waals surface area contributed by atoms with E-state index in [0.717, 1.165) is 31.6 Å². The van der Waals surface area contributed by atoms with Gasteiger partial charge in [0, 0.05) is 37.1 Å². The van der Waals surface area contributed by atoms with Crippen molar-refractivity contribution in [2.45, 2.75) is 97.7 Å². The molecule has 11 nitrogen and oxygen atoms in total. The third-order valence-corrected chi connectivity index (χ3v) is 9.99. The van der Waals surface area contributed by atoms with Gasteiger partial charge in [0.2, 0.25) is 23.6 Å². The predicted molar refractivity (Wildman–Crippen MR) is 213 cm³/mol. The lowest BCUT2D eigenvalue weighted by molar-refractivity contribution is -0.136. The number of aromatic nitrogens is 1. The Morgan fingerprint density at radius 1 is 0.895 bits per heavy atom. The summed E-state index contributed by atoms with van der Waals surface area (Å²) >= 11 is 0. The molecule has 0 saturated carbocycles. The van der Waals surface area contributed by atoms with E-state index >= 15 is 0 Å². The van der Waals surface area contributed by atoms with Gasteiger partial charge in [-0.2, -0.15) is 13.2 Å². The number of halogens is 4. The van der Waals surface area contributed by atoms with Crippen LogP contribution >= 0.6 is 0 Å². The molecule has 316 valence electrons. The minimum absolute atomic E-state index is 0.0100. The number of rotatable bonds is 14. The second kappa shape index (κ2) is 23.0. The number of aryl methyl sites for hydroxylation is 1. The largest absolute Gasteiger partial charge is 0.418 e. The molecule has 0 spiro atoms. The van der Waals surface area contributed by atoms with E-state index in [2.05, 4.69) is 65.8 Å². The van der Waals surface area contributed by atoms with Crippen molar-refractivity contribution in [3.8, 4) is 0 Å². The summed E-state index contributed by atoms with van der Waals surface area (Å²) in [5, 5.41) is 10.7. The van der Waals surface area contributed by atoms with Gasteiger partial charge < -0.3 is 31.0 Å². The van der Waals surface area contributed by atoms with Crippen LogP contribution in [0, 0.1) is 11.7 Å². The molecule has 1 aliphatic carbocycles. The number of hydrogen-bond donors (Lipinski definition) is 5. The molecule has 57 heavy (non-hydrogen) atoms. The van der Waals surface area contributed by atoms with Crippen LogP contribution in [0.4, 0.5) is 17.6 Å². The van der Waals surface area contributed by atoms with Crippen LogP contribution in [-0.4, -0.2) is 91.5 Å². The average molecular weight is 805 g/mol. The minimum Gasteiger partial charge on any atom is -0.379 e. The van der Waals surface area contributed by atoms with Gasteiger partial charge in [-0.25, -0.2) is 4.39 Å². The molecular formula is C42H60F4N6O5. The maximum Gasteiger partial charge on any atom is 0.418 e. The van der Waals surface area contributed by atoms with Gasteiger partial charge in [0.15, 0.2) is 0 Å². The number of ether oxygens (including phenoxy) is 1. The molecule has 2 aromatic carbocycles. The van der Waals surface area contributed by atoms with E-state index in [0.29, 0.717) is 37.4 Å². The first kappa shape index (κ1) is 46.9. The molecule has 0 radical (unpaired) electrons. The molecule has 0 unspecified atom stereocenters. The second-order valence-corrected chi connectivity index (χ2v) is 14.8. The standard InChI is InChI=1S/C33H38F4N6O5.C5H12.C4H10/c34-25-8-2-1-5-21(25)17-27(44)39-20-29(46)42-32(31(47)40-19-28(45)38-11-4-12-43-13-15-48-16-14-43)10-9-26-23(18-32)22-6-3-7-24(30(22)41-26)33(35,36)37;1-4-5(2)3;1-3-4-2/h1-3,5-8,41H,4,9-20H2,(H,38,45)(H,39,44)(H,40,47)(H,42,46);5H,4H2,1-3H3;3-4H2,1-2H3/t32-;;/m1../s1. The highest BCUT2D eigenvalue weighted by atomic mass is 19.4. The molecule has 1 aliphatic heterocycles. The van der Waals surface area contributed by atoms with Gasteiger partial charge in [-0.1, -0.05) is 84.2 Å². The van der Waals surface area contributed by atoms with Crippen molar-refractivity contribution < 1.29 is 41.5 Å². The quantitative estimate of drug-likeness (QED) is 0.102. The van der Waals surface area contributed by atoms with Gasteiger partial charge in [-0.05, 0) is 55.0 Å². The van der Waals surface area contributed by atoms with Crippen LogP contribution in [0.1, 0.15) is 89.1 Å². The maximum atomic E-state index is 14.0. The number of nitrogens with zero attached hydrogens (tertiary/aromatic N) is 1. The third kappa shape index (κ3) is 14.7. The molecule has 2 aliphatic rings. The van der Waals surface area contributed by atoms with Crippen molar-refractivity contribution in [3.05, 3.63) is 70.7 Å². The van der Waals surface area contributed by atoms with Crippen LogP contribution in [0.25, 0.3) is 10.9 Å². The average Bonchev–Trinajstić information content (AvgIpc) is 3.56. The Bertz CT molecular complexity index is 1760. The van der Waals surface area contributed by atoms with Gasteiger partial charge in [0.25, 0.3) is 0 Å². The van der Waals surface area contributed by atoms with Crippen molar-refractivity contribution in [1.29, 1.82) is 0 Å². The van der Waals surface area contributed by atoms with Crippen LogP contribution in [0.2, 0.25) is 0 Å². The number of aromatic amines is 1. The second-order valence-electron chi connectivity index (χ2n) is 14.8. The monoisotopic (exact) mass is 804 g/mol. The van der Waals surface area contributed by atoms with Gasteiger partial charge in [-0.15, -0.1) is 0 Å². The summed E-state index contributed by atoms with van der Waals surface area (Å²) in [5.41, 5.74) is -1.52. The number of carbonyl (C=O) groups excluding carboxylic acids is 4. The molecule has 5 N–H and O–H groups in total. The summed E-state index contributed by atoms with van der Waals surface area (Å²) in [6.07, 6.45) is -0.310. The van der Waals surface area contributed by atoms with E-state index in [9.17, 15) is 36.7 Å². The van der Waals surface area contributed by atoms with Crippen LogP contribution in [0.5, 0.6) is 0 Å². The Morgan fingerprint density at radius 3 is 2.19 bits per heavy atom. The molecule has 1 fully saturated rings. The van der Waals surface area contributed by atoms with Gasteiger partial charge in [-0.3, -0.25) is 24.1 Å². The van der Waals surface area contributed by atoms with Crippen LogP contribution < -0.4 is 21.3 Å². The lowest BCUT2D eigenvalue weighted by atomic mass is 9.78. The van der Waals surface area contributed by atoms with Crippen LogP contribution in [0.15, 0.2) is 42.5 Å². The lowest BCUT2D eigenvalue weighted by Crippen LogP contribution is -2.63. The summed E-state index contributed by atoms with van der Waals surface area (Å²) in [5.74, 6) is -2.18. The molecule has 4 amide bonds. The Morgan fingerprint density at radius 2 is 1.56 bits per heavy atom. The number of carbonyl (C=O) groups is 4. The Hall–Kier alpha value is -4.50. The zero-order valence-electron chi connectivity index (χ0n) is 33.9. The predicted octanol–water partition coefficient (Wildman–Crippen LogP) is 5.84. The number of hydrogen-bond acceptors (Lipinski definition) is 6. The summed E-state index contributed by atoms with van der Waals surface area (Å²) in [7, 11) is 0. The molecule has 5 rings (SSSR count). The zero-order chi connectivity index (χ0) is 42.0. The zero-order valence-corrected chi connectivity index (χ0v) is 33.9. The molecule has 2 heterocycles. The summed E-state index contributed by atoms with van der Waals surface area (Å²) in [6, 6.07) is 9.48. The van der Waals surface area contributed by atoms with Crippen molar-refractivity contribution in [1.82, 2.24) is 31.2 Å². The third-order valence-electron chi connectivity index (χ3n) is 9.99. The van der Waals surface area contributed by atoms with Crippen molar-refractivity contribution in [2.75, 3.05) is 52.5 Å². The van der Waals surface area contributed by atoms with E-state index in [1.807, 2.05) is 0 Å². The fraction of sp³-hybridized carbons (Fsp3) is 0.571. The molecule has 3 aromatic rings. The van der Waals surface area contributed by atoms with Crippen LogP contribution in [0.3, 0.4) is 0 Å². The summed E-state index contributed by atoms with van der Waals surface area (Å²) < 4.78 is 60.7. The molecule has 1 aromatic heterocycles. The van der Waals surface area contributed by atoms with E-state index in [1.165, 1.54) is 49.6 Å². The number of para-hydroxylation sites is 1.